The van der Waals surface area contributed by atoms with E-state index in [1.54, 1.807) is 11.8 Å². The van der Waals surface area contributed by atoms with Gasteiger partial charge in [-0.25, -0.2) is 8.42 Å². The second-order valence-electron chi connectivity index (χ2n) is 6.59. The summed E-state index contributed by atoms with van der Waals surface area (Å²) < 4.78 is 25.1. The highest BCUT2D eigenvalue weighted by Gasteiger charge is 2.35. The Balaban J connectivity index is 1.85. The molecule has 1 aliphatic heterocycles. The summed E-state index contributed by atoms with van der Waals surface area (Å²) in [4.78, 5) is 26.2. The number of nitrogens with zero attached hydrogens (tertiary/aromatic N) is 4. The fourth-order valence-corrected chi connectivity index (χ4v) is 5.77. The number of carbonyl (C=O) groups is 1. The number of aromatic nitrogens is 2. The van der Waals surface area contributed by atoms with Gasteiger partial charge in [-0.2, -0.15) is 5.10 Å². The first-order valence-electron chi connectivity index (χ1n) is 8.38. The van der Waals surface area contributed by atoms with Crippen molar-refractivity contribution in [2.45, 2.75) is 39.4 Å². The Labute approximate surface area is 160 Å². The van der Waals surface area contributed by atoms with Crippen LogP contribution in [0.4, 0.5) is 5.69 Å². The van der Waals surface area contributed by atoms with Gasteiger partial charge in [-0.15, -0.1) is 11.3 Å². The van der Waals surface area contributed by atoms with Gasteiger partial charge in [-0.1, -0.05) is 6.07 Å². The number of aryl methyl sites for hydroxylation is 1. The lowest BCUT2D eigenvalue weighted by atomic mass is 10.2. The predicted molar refractivity (Wildman–Crippen MR) is 100 cm³/mol. The van der Waals surface area contributed by atoms with Crippen LogP contribution >= 0.6 is 11.3 Å². The third-order valence-corrected chi connectivity index (χ3v) is 7.30. The van der Waals surface area contributed by atoms with E-state index >= 15 is 0 Å². The third-order valence-electron chi connectivity index (χ3n) is 4.69. The Kier molecular flexibility index (Phi) is 5.33. The van der Waals surface area contributed by atoms with Crippen LogP contribution in [0, 0.1) is 24.0 Å². The molecule has 1 amide bonds. The lowest BCUT2D eigenvalue weighted by molar-refractivity contribution is -0.386. The number of hydrogen-bond donors (Lipinski definition) is 0. The molecular weight excluding hydrogens is 392 g/mol. The average Bonchev–Trinajstić information content (AvgIpc) is 3.26. The first-order valence-corrected chi connectivity index (χ1v) is 11.1. The van der Waals surface area contributed by atoms with Gasteiger partial charge in [0.15, 0.2) is 9.84 Å². The molecule has 2 aromatic rings. The van der Waals surface area contributed by atoms with E-state index < -0.39 is 20.8 Å². The molecule has 0 saturated carbocycles. The molecule has 9 nitrogen and oxygen atoms in total. The number of hydrogen-bond acceptors (Lipinski definition) is 7. The van der Waals surface area contributed by atoms with Gasteiger partial charge in [-0.3, -0.25) is 19.6 Å². The summed E-state index contributed by atoms with van der Waals surface area (Å²) in [7, 11) is -3.15. The summed E-state index contributed by atoms with van der Waals surface area (Å²) in [6.07, 6.45) is 0.400. The SMILES string of the molecule is Cc1nn(CC(=O)N(Cc2cccs2)C2CCS(=O)(=O)C2)c(C)c1[N+](=O)[O-]. The van der Waals surface area contributed by atoms with Crippen LogP contribution in [0.3, 0.4) is 0 Å². The molecule has 1 atom stereocenters. The summed E-state index contributed by atoms with van der Waals surface area (Å²) in [6.45, 7) is 3.23. The predicted octanol–water partition coefficient (Wildman–Crippen LogP) is 1.69. The number of amides is 1. The lowest BCUT2D eigenvalue weighted by Gasteiger charge is -2.28. The van der Waals surface area contributed by atoms with Gasteiger partial charge >= 0.3 is 5.69 Å². The van der Waals surface area contributed by atoms with E-state index in [-0.39, 0.29) is 35.3 Å². The van der Waals surface area contributed by atoms with Crippen LogP contribution < -0.4 is 0 Å². The molecule has 0 bridgehead atoms. The fourth-order valence-electron chi connectivity index (χ4n) is 3.34. The van der Waals surface area contributed by atoms with E-state index in [0.29, 0.717) is 18.7 Å². The van der Waals surface area contributed by atoms with Crippen molar-refractivity contribution in [3.8, 4) is 0 Å². The maximum absolute atomic E-state index is 13.0. The van der Waals surface area contributed by atoms with E-state index in [2.05, 4.69) is 5.10 Å². The van der Waals surface area contributed by atoms with Crippen LogP contribution in [0.25, 0.3) is 0 Å². The molecule has 0 N–H and O–H groups in total. The van der Waals surface area contributed by atoms with E-state index in [9.17, 15) is 23.3 Å². The van der Waals surface area contributed by atoms with Crippen molar-refractivity contribution in [1.82, 2.24) is 14.7 Å². The van der Waals surface area contributed by atoms with Crippen molar-refractivity contribution in [2.24, 2.45) is 0 Å². The van der Waals surface area contributed by atoms with Gasteiger partial charge in [0.1, 0.15) is 17.9 Å². The maximum atomic E-state index is 13.0. The minimum Gasteiger partial charge on any atom is -0.332 e. The number of rotatable bonds is 6. The summed E-state index contributed by atoms with van der Waals surface area (Å²) in [5, 5.41) is 17.2. The molecule has 0 radical (unpaired) electrons. The van der Waals surface area contributed by atoms with Gasteiger partial charge in [0.25, 0.3) is 0 Å². The summed E-state index contributed by atoms with van der Waals surface area (Å²) in [6, 6.07) is 3.37. The smallest absolute Gasteiger partial charge is 0.312 e. The highest BCUT2D eigenvalue weighted by Crippen LogP contribution is 2.24. The zero-order chi connectivity index (χ0) is 19.8. The second-order valence-corrected chi connectivity index (χ2v) is 9.85. The minimum absolute atomic E-state index is 0.0542. The Morgan fingerprint density at radius 2 is 2.22 bits per heavy atom. The summed E-state index contributed by atoms with van der Waals surface area (Å²) >= 11 is 1.49. The van der Waals surface area contributed by atoms with Crippen molar-refractivity contribution in [3.63, 3.8) is 0 Å². The van der Waals surface area contributed by atoms with E-state index in [1.165, 1.54) is 22.9 Å². The van der Waals surface area contributed by atoms with Crippen molar-refractivity contribution in [3.05, 3.63) is 43.9 Å². The molecule has 0 aliphatic carbocycles. The number of thiophene rings is 1. The van der Waals surface area contributed by atoms with Crippen LogP contribution in [0.2, 0.25) is 0 Å². The first kappa shape index (κ1) is 19.5. The number of nitro groups is 1. The zero-order valence-electron chi connectivity index (χ0n) is 15.0. The molecular formula is C16H20N4O5S2. The van der Waals surface area contributed by atoms with Crippen LogP contribution in [0.15, 0.2) is 17.5 Å². The number of sulfone groups is 1. The van der Waals surface area contributed by atoms with Crippen LogP contribution in [0.5, 0.6) is 0 Å². The summed E-state index contributed by atoms with van der Waals surface area (Å²) in [5.41, 5.74) is 0.454. The molecule has 1 saturated heterocycles. The molecule has 2 aromatic heterocycles. The Hall–Kier alpha value is -2.27. The molecule has 3 heterocycles. The Bertz CT molecular complexity index is 965. The third kappa shape index (κ3) is 4.19. The topological polar surface area (TPSA) is 115 Å². The molecule has 0 aromatic carbocycles. The monoisotopic (exact) mass is 412 g/mol. The van der Waals surface area contributed by atoms with Crippen molar-refractivity contribution in [1.29, 1.82) is 0 Å². The Morgan fingerprint density at radius 3 is 2.74 bits per heavy atom. The van der Waals surface area contributed by atoms with E-state index in [1.807, 2.05) is 17.5 Å². The lowest BCUT2D eigenvalue weighted by Crippen LogP contribution is -2.42. The Morgan fingerprint density at radius 1 is 1.48 bits per heavy atom. The first-order chi connectivity index (χ1) is 12.7. The van der Waals surface area contributed by atoms with Crippen molar-refractivity contribution < 1.29 is 18.1 Å². The maximum Gasteiger partial charge on any atom is 0.312 e. The summed E-state index contributed by atoms with van der Waals surface area (Å²) in [5.74, 6) is -0.287. The highest BCUT2D eigenvalue weighted by molar-refractivity contribution is 7.91. The molecule has 3 rings (SSSR count). The van der Waals surface area contributed by atoms with Gasteiger partial charge in [0.05, 0.1) is 23.0 Å². The quantitative estimate of drug-likeness (QED) is 0.527. The largest absolute Gasteiger partial charge is 0.332 e. The van der Waals surface area contributed by atoms with Gasteiger partial charge < -0.3 is 4.90 Å². The molecule has 27 heavy (non-hydrogen) atoms. The van der Waals surface area contributed by atoms with Crippen molar-refractivity contribution >= 4 is 32.8 Å². The minimum atomic E-state index is -3.15. The van der Waals surface area contributed by atoms with Gasteiger partial charge in [0.2, 0.25) is 5.91 Å². The molecule has 1 fully saturated rings. The van der Waals surface area contributed by atoms with Crippen LogP contribution in [0.1, 0.15) is 22.7 Å². The van der Waals surface area contributed by atoms with Gasteiger partial charge in [0, 0.05) is 10.9 Å². The number of carbonyl (C=O) groups excluding carboxylic acids is 1. The van der Waals surface area contributed by atoms with Crippen LogP contribution in [-0.2, 0) is 27.7 Å². The standard InChI is InChI=1S/C16H20N4O5S2/c1-11-16(20(22)23)12(2)19(17-11)9-15(21)18(8-14-4-3-6-26-14)13-5-7-27(24,25)10-13/h3-4,6,13H,5,7-10H2,1-2H3. The highest BCUT2D eigenvalue weighted by atomic mass is 32.2. The van der Waals surface area contributed by atoms with Crippen molar-refractivity contribution in [2.75, 3.05) is 11.5 Å². The normalized spacial score (nSPS) is 18.5. The van der Waals surface area contributed by atoms with E-state index in [0.717, 1.165) is 4.88 Å². The molecule has 1 aliphatic rings. The fraction of sp³-hybridized carbons (Fsp3) is 0.500. The molecule has 0 spiro atoms. The zero-order valence-corrected chi connectivity index (χ0v) is 16.6. The molecule has 146 valence electrons. The average molecular weight is 412 g/mol. The second kappa shape index (κ2) is 7.39. The molecule has 11 heteroatoms. The molecule has 1 unspecified atom stereocenters. The van der Waals surface area contributed by atoms with Gasteiger partial charge in [-0.05, 0) is 31.7 Å². The van der Waals surface area contributed by atoms with E-state index in [4.69, 9.17) is 0 Å². The van der Waals surface area contributed by atoms with Crippen LogP contribution in [-0.4, -0.2) is 51.5 Å².